The van der Waals surface area contributed by atoms with Gasteiger partial charge in [0.2, 0.25) is 5.91 Å². The first-order valence-electron chi connectivity index (χ1n) is 7.53. The molecule has 1 heterocycles. The first kappa shape index (κ1) is 15.2. The number of nitrogens with one attached hydrogen (secondary N) is 1. The van der Waals surface area contributed by atoms with Crippen molar-refractivity contribution >= 4 is 23.2 Å². The highest BCUT2D eigenvalue weighted by atomic mass is 16.3. The molecule has 1 aliphatic heterocycles. The van der Waals surface area contributed by atoms with Gasteiger partial charge in [-0.25, -0.2) is 0 Å². The fourth-order valence-corrected chi connectivity index (χ4v) is 2.81. The zero-order chi connectivity index (χ0) is 16.4. The summed E-state index contributed by atoms with van der Waals surface area (Å²) in [5.74, 6) is -0.262. The number of hydrogen-bond donors (Lipinski definition) is 2. The number of anilines is 2. The maximum Gasteiger partial charge on any atom is 0.258 e. The monoisotopic (exact) mass is 310 g/mol. The average molecular weight is 310 g/mol. The van der Waals surface area contributed by atoms with Gasteiger partial charge in [0.05, 0.1) is 6.10 Å². The lowest BCUT2D eigenvalue weighted by atomic mass is 9.98. The molecule has 0 aliphatic carbocycles. The van der Waals surface area contributed by atoms with Crippen molar-refractivity contribution in [2.45, 2.75) is 19.4 Å². The largest absolute Gasteiger partial charge is 0.388 e. The third-order valence-electron chi connectivity index (χ3n) is 3.91. The zero-order valence-electron chi connectivity index (χ0n) is 12.8. The molecule has 0 saturated heterocycles. The van der Waals surface area contributed by atoms with E-state index in [1.54, 1.807) is 29.2 Å². The Bertz CT molecular complexity index is 740. The van der Waals surface area contributed by atoms with Crippen LogP contribution in [0.4, 0.5) is 11.4 Å². The molecule has 1 unspecified atom stereocenters. The normalized spacial score (nSPS) is 16.6. The van der Waals surface area contributed by atoms with Crippen molar-refractivity contribution in [3.05, 3.63) is 59.7 Å². The van der Waals surface area contributed by atoms with E-state index in [2.05, 4.69) is 5.32 Å². The molecule has 5 nitrogen and oxygen atoms in total. The maximum atomic E-state index is 12.8. The Hall–Kier alpha value is -2.66. The van der Waals surface area contributed by atoms with Gasteiger partial charge in [0.15, 0.2) is 0 Å². The fourth-order valence-electron chi connectivity index (χ4n) is 2.81. The maximum absolute atomic E-state index is 12.8. The summed E-state index contributed by atoms with van der Waals surface area (Å²) in [6, 6.07) is 14.2. The standard InChI is InChI=1S/C18H18N2O3/c1-12(21)19-14-8-6-13(7-9-14)18(23)20-11-10-17(22)15-4-2-3-5-16(15)20/h2-9,17,22H,10-11H2,1H3,(H,19,21). The van der Waals surface area contributed by atoms with Crippen LogP contribution in [-0.2, 0) is 4.79 Å². The van der Waals surface area contributed by atoms with Gasteiger partial charge in [-0.2, -0.15) is 0 Å². The van der Waals surface area contributed by atoms with Gasteiger partial charge in [-0.15, -0.1) is 0 Å². The third kappa shape index (κ3) is 3.10. The molecule has 3 rings (SSSR count). The predicted octanol–water partition coefficient (Wildman–Crippen LogP) is 2.73. The minimum Gasteiger partial charge on any atom is -0.388 e. The highest BCUT2D eigenvalue weighted by Gasteiger charge is 2.27. The van der Waals surface area contributed by atoms with Crippen molar-refractivity contribution in [3.63, 3.8) is 0 Å². The quantitative estimate of drug-likeness (QED) is 0.896. The summed E-state index contributed by atoms with van der Waals surface area (Å²) in [6.07, 6.45) is -0.00963. The van der Waals surface area contributed by atoms with Crippen molar-refractivity contribution in [1.82, 2.24) is 0 Å². The van der Waals surface area contributed by atoms with Crippen LogP contribution in [0, 0.1) is 0 Å². The molecule has 1 aliphatic rings. The minimum atomic E-state index is -0.530. The van der Waals surface area contributed by atoms with Crippen LogP contribution in [0.5, 0.6) is 0 Å². The van der Waals surface area contributed by atoms with Gasteiger partial charge in [-0.1, -0.05) is 18.2 Å². The minimum absolute atomic E-state index is 0.112. The van der Waals surface area contributed by atoms with Crippen molar-refractivity contribution in [3.8, 4) is 0 Å². The van der Waals surface area contributed by atoms with E-state index in [1.807, 2.05) is 24.3 Å². The molecule has 2 amide bonds. The summed E-state index contributed by atoms with van der Waals surface area (Å²) in [5.41, 5.74) is 2.73. The van der Waals surface area contributed by atoms with E-state index in [9.17, 15) is 14.7 Å². The van der Waals surface area contributed by atoms with E-state index in [1.165, 1.54) is 6.92 Å². The number of carbonyl (C=O) groups excluding carboxylic acids is 2. The number of hydrogen-bond acceptors (Lipinski definition) is 3. The summed E-state index contributed by atoms with van der Waals surface area (Å²) < 4.78 is 0. The lowest BCUT2D eigenvalue weighted by Gasteiger charge is -2.32. The number of benzene rings is 2. The predicted molar refractivity (Wildman–Crippen MR) is 88.4 cm³/mol. The lowest BCUT2D eigenvalue weighted by Crippen LogP contribution is -2.36. The van der Waals surface area contributed by atoms with Crippen LogP contribution < -0.4 is 10.2 Å². The van der Waals surface area contributed by atoms with E-state index in [4.69, 9.17) is 0 Å². The number of fused-ring (bicyclic) bond motifs is 1. The molecule has 23 heavy (non-hydrogen) atoms. The molecule has 0 aromatic heterocycles. The number of carbonyl (C=O) groups is 2. The Balaban J connectivity index is 1.86. The zero-order valence-corrected chi connectivity index (χ0v) is 12.8. The molecule has 0 saturated carbocycles. The highest BCUT2D eigenvalue weighted by molar-refractivity contribution is 6.07. The van der Waals surface area contributed by atoms with E-state index >= 15 is 0 Å². The van der Waals surface area contributed by atoms with Gasteiger partial charge in [-0.05, 0) is 36.8 Å². The van der Waals surface area contributed by atoms with Crippen LogP contribution in [0.15, 0.2) is 48.5 Å². The summed E-state index contributed by atoms with van der Waals surface area (Å²) in [6.45, 7) is 1.92. The van der Waals surface area contributed by atoms with Crippen LogP contribution in [0.1, 0.15) is 35.4 Å². The SMILES string of the molecule is CC(=O)Nc1ccc(C(=O)N2CCC(O)c3ccccc32)cc1. The Morgan fingerprint density at radius 1 is 1.13 bits per heavy atom. The molecule has 0 spiro atoms. The summed E-state index contributed by atoms with van der Waals surface area (Å²) in [4.78, 5) is 25.5. The Labute approximate surface area is 134 Å². The van der Waals surface area contributed by atoms with Crippen LogP contribution in [0.2, 0.25) is 0 Å². The van der Waals surface area contributed by atoms with Gasteiger partial charge < -0.3 is 15.3 Å². The molecule has 0 radical (unpaired) electrons. The average Bonchev–Trinajstić information content (AvgIpc) is 2.55. The van der Waals surface area contributed by atoms with Crippen LogP contribution >= 0.6 is 0 Å². The lowest BCUT2D eigenvalue weighted by molar-refractivity contribution is -0.114. The second-order valence-electron chi connectivity index (χ2n) is 5.58. The number of aliphatic hydroxyl groups excluding tert-OH is 1. The number of aliphatic hydroxyl groups is 1. The van der Waals surface area contributed by atoms with Crippen LogP contribution in [0.3, 0.4) is 0 Å². The van der Waals surface area contributed by atoms with E-state index < -0.39 is 6.10 Å². The van der Waals surface area contributed by atoms with Crippen molar-refractivity contribution < 1.29 is 14.7 Å². The Morgan fingerprint density at radius 3 is 2.52 bits per heavy atom. The molecule has 2 aromatic rings. The van der Waals surface area contributed by atoms with Gasteiger partial charge >= 0.3 is 0 Å². The second-order valence-corrected chi connectivity index (χ2v) is 5.58. The third-order valence-corrected chi connectivity index (χ3v) is 3.91. The molecule has 0 fully saturated rings. The van der Waals surface area contributed by atoms with Crippen molar-refractivity contribution in [1.29, 1.82) is 0 Å². The topological polar surface area (TPSA) is 69.6 Å². The summed E-state index contributed by atoms with van der Waals surface area (Å²) in [5, 5.41) is 12.7. The second kappa shape index (κ2) is 6.22. The number of para-hydroxylation sites is 1. The van der Waals surface area contributed by atoms with E-state index in [-0.39, 0.29) is 11.8 Å². The number of amides is 2. The molecular formula is C18H18N2O3. The van der Waals surface area contributed by atoms with Crippen molar-refractivity contribution in [2.24, 2.45) is 0 Å². The molecule has 2 aromatic carbocycles. The number of nitrogens with zero attached hydrogens (tertiary/aromatic N) is 1. The van der Waals surface area contributed by atoms with Crippen LogP contribution in [-0.4, -0.2) is 23.5 Å². The fraction of sp³-hybridized carbons (Fsp3) is 0.222. The molecule has 5 heteroatoms. The highest BCUT2D eigenvalue weighted by Crippen LogP contribution is 2.34. The number of rotatable bonds is 2. The van der Waals surface area contributed by atoms with Gasteiger partial charge in [0.1, 0.15) is 0 Å². The molecular weight excluding hydrogens is 292 g/mol. The molecule has 1 atom stereocenters. The van der Waals surface area contributed by atoms with E-state index in [0.717, 1.165) is 11.3 Å². The Kier molecular flexibility index (Phi) is 4.12. The van der Waals surface area contributed by atoms with Crippen molar-refractivity contribution in [2.75, 3.05) is 16.8 Å². The molecule has 2 N–H and O–H groups in total. The van der Waals surface area contributed by atoms with E-state index in [0.29, 0.717) is 24.2 Å². The van der Waals surface area contributed by atoms with Crippen LogP contribution in [0.25, 0.3) is 0 Å². The first-order valence-corrected chi connectivity index (χ1v) is 7.53. The molecule has 0 bridgehead atoms. The summed E-state index contributed by atoms with van der Waals surface area (Å²) >= 11 is 0. The summed E-state index contributed by atoms with van der Waals surface area (Å²) in [7, 11) is 0. The van der Waals surface area contributed by atoms with Gasteiger partial charge in [-0.3, -0.25) is 9.59 Å². The Morgan fingerprint density at radius 2 is 1.83 bits per heavy atom. The van der Waals surface area contributed by atoms with Gasteiger partial charge in [0, 0.05) is 36.0 Å². The first-order chi connectivity index (χ1) is 11.1. The smallest absolute Gasteiger partial charge is 0.258 e. The molecule has 118 valence electrons. The van der Waals surface area contributed by atoms with Gasteiger partial charge in [0.25, 0.3) is 5.91 Å².